The maximum atomic E-state index is 12.3. The second kappa shape index (κ2) is 4.83. The molecular formula is C16H24N2O2. The first-order chi connectivity index (χ1) is 9.44. The lowest BCUT2D eigenvalue weighted by Crippen LogP contribution is -2.42. The van der Waals surface area contributed by atoms with Crippen molar-refractivity contribution < 1.29 is 9.21 Å². The molecule has 2 amide bonds. The predicted molar refractivity (Wildman–Crippen MR) is 77.6 cm³/mol. The highest BCUT2D eigenvalue weighted by molar-refractivity contribution is 5.75. The molecule has 0 radical (unpaired) electrons. The minimum atomic E-state index is 0.0787. The van der Waals surface area contributed by atoms with Crippen molar-refractivity contribution in [3.05, 3.63) is 23.2 Å². The van der Waals surface area contributed by atoms with Gasteiger partial charge in [0, 0.05) is 25.1 Å². The highest BCUT2D eigenvalue weighted by Crippen LogP contribution is 2.42. The van der Waals surface area contributed by atoms with Gasteiger partial charge in [-0.05, 0) is 37.7 Å². The summed E-state index contributed by atoms with van der Waals surface area (Å²) in [4.78, 5) is 14.3. The third kappa shape index (κ3) is 2.56. The van der Waals surface area contributed by atoms with E-state index >= 15 is 0 Å². The molecule has 1 saturated heterocycles. The molecule has 2 heterocycles. The highest BCUT2D eigenvalue weighted by Gasteiger charge is 2.36. The molecule has 0 bridgehead atoms. The number of fused-ring (bicyclic) bond motifs is 1. The molecule has 1 N–H and O–H groups in total. The first-order valence-electron chi connectivity index (χ1n) is 7.59. The molecule has 1 atom stereocenters. The van der Waals surface area contributed by atoms with Gasteiger partial charge >= 0.3 is 6.03 Å². The van der Waals surface area contributed by atoms with Crippen molar-refractivity contribution in [3.63, 3.8) is 0 Å². The number of carbonyl (C=O) groups excluding carboxylic acids is 1. The normalized spacial score (nSPS) is 24.6. The van der Waals surface area contributed by atoms with Crippen molar-refractivity contribution in [2.24, 2.45) is 5.41 Å². The van der Waals surface area contributed by atoms with Crippen LogP contribution in [0.3, 0.4) is 0 Å². The number of aryl methyl sites for hydroxylation is 1. The summed E-state index contributed by atoms with van der Waals surface area (Å²) in [6.45, 7) is 8.23. The summed E-state index contributed by atoms with van der Waals surface area (Å²) in [6, 6.07) is 2.24. The number of carbonyl (C=O) groups is 1. The Bertz CT molecular complexity index is 513. The highest BCUT2D eigenvalue weighted by atomic mass is 16.3. The van der Waals surface area contributed by atoms with E-state index in [0.29, 0.717) is 0 Å². The Morgan fingerprint density at radius 3 is 2.80 bits per heavy atom. The van der Waals surface area contributed by atoms with Crippen LogP contribution < -0.4 is 5.32 Å². The van der Waals surface area contributed by atoms with Gasteiger partial charge in [-0.1, -0.05) is 13.8 Å². The van der Waals surface area contributed by atoms with Crippen molar-refractivity contribution in [1.29, 1.82) is 0 Å². The first kappa shape index (κ1) is 13.5. The van der Waals surface area contributed by atoms with E-state index in [9.17, 15) is 4.79 Å². The van der Waals surface area contributed by atoms with E-state index in [1.807, 2.05) is 11.8 Å². The van der Waals surface area contributed by atoms with Crippen LogP contribution in [0.2, 0.25) is 0 Å². The molecule has 0 aromatic carbocycles. The number of nitrogens with one attached hydrogen (secondary N) is 1. The number of hydrogen-bond acceptors (Lipinski definition) is 2. The number of amides is 2. The Hall–Kier alpha value is -1.45. The number of furan rings is 1. The monoisotopic (exact) mass is 276 g/mol. The van der Waals surface area contributed by atoms with Gasteiger partial charge in [0.1, 0.15) is 11.5 Å². The van der Waals surface area contributed by atoms with E-state index in [-0.39, 0.29) is 17.5 Å². The van der Waals surface area contributed by atoms with Crippen LogP contribution in [-0.4, -0.2) is 24.0 Å². The van der Waals surface area contributed by atoms with Gasteiger partial charge < -0.3 is 14.6 Å². The van der Waals surface area contributed by atoms with E-state index in [2.05, 4.69) is 25.2 Å². The molecule has 3 rings (SSSR count). The summed E-state index contributed by atoms with van der Waals surface area (Å²) in [7, 11) is 0. The number of likely N-dealkylation sites (tertiary alicyclic amines) is 1. The molecule has 0 saturated carbocycles. The van der Waals surface area contributed by atoms with Gasteiger partial charge in [-0.25, -0.2) is 4.79 Å². The molecular weight excluding hydrogens is 252 g/mol. The van der Waals surface area contributed by atoms with Crippen LogP contribution in [0.25, 0.3) is 0 Å². The fraction of sp³-hybridized carbons (Fsp3) is 0.688. The molecule has 1 aromatic rings. The zero-order valence-corrected chi connectivity index (χ0v) is 12.7. The average molecular weight is 276 g/mol. The number of hydrogen-bond donors (Lipinski definition) is 1. The van der Waals surface area contributed by atoms with Crippen LogP contribution >= 0.6 is 0 Å². The van der Waals surface area contributed by atoms with Crippen molar-refractivity contribution in [3.8, 4) is 0 Å². The molecule has 20 heavy (non-hydrogen) atoms. The maximum absolute atomic E-state index is 12.3. The topological polar surface area (TPSA) is 45.5 Å². The zero-order valence-electron chi connectivity index (χ0n) is 12.7. The average Bonchev–Trinajstić information content (AvgIpc) is 2.95. The third-order valence-electron chi connectivity index (χ3n) is 4.43. The third-order valence-corrected chi connectivity index (χ3v) is 4.43. The van der Waals surface area contributed by atoms with Gasteiger partial charge in [-0.3, -0.25) is 0 Å². The molecule has 1 aliphatic carbocycles. The van der Waals surface area contributed by atoms with Crippen LogP contribution in [0.15, 0.2) is 10.5 Å². The van der Waals surface area contributed by atoms with Gasteiger partial charge in [0.15, 0.2) is 0 Å². The minimum Gasteiger partial charge on any atom is -0.466 e. The molecule has 1 aromatic heterocycles. The smallest absolute Gasteiger partial charge is 0.317 e. The minimum absolute atomic E-state index is 0.0787. The van der Waals surface area contributed by atoms with Crippen molar-refractivity contribution >= 4 is 6.03 Å². The zero-order chi connectivity index (χ0) is 14.3. The van der Waals surface area contributed by atoms with Crippen LogP contribution in [-0.2, 0) is 6.42 Å². The summed E-state index contributed by atoms with van der Waals surface area (Å²) in [5.41, 5.74) is 1.34. The SMILES string of the molecule is Cc1cc2c(o1)CC(C)(C)CC2NC(=O)N1CCCC1. The summed E-state index contributed by atoms with van der Waals surface area (Å²) >= 11 is 0. The number of nitrogens with zero attached hydrogens (tertiary/aromatic N) is 1. The number of urea groups is 1. The molecule has 2 aliphatic rings. The second-order valence-corrected chi connectivity index (χ2v) is 6.98. The van der Waals surface area contributed by atoms with Gasteiger partial charge in [-0.15, -0.1) is 0 Å². The summed E-state index contributed by atoms with van der Waals surface area (Å²) < 4.78 is 5.81. The van der Waals surface area contributed by atoms with Gasteiger partial charge in [0.2, 0.25) is 0 Å². The maximum Gasteiger partial charge on any atom is 0.317 e. The summed E-state index contributed by atoms with van der Waals surface area (Å²) in [6.07, 6.45) is 4.17. The van der Waals surface area contributed by atoms with Crippen LogP contribution in [0, 0.1) is 12.3 Å². The first-order valence-corrected chi connectivity index (χ1v) is 7.59. The Labute approximate surface area is 120 Å². The fourth-order valence-corrected chi connectivity index (χ4v) is 3.47. The lowest BCUT2D eigenvalue weighted by atomic mass is 9.75. The second-order valence-electron chi connectivity index (χ2n) is 6.98. The van der Waals surface area contributed by atoms with Crippen molar-refractivity contribution in [1.82, 2.24) is 10.2 Å². The van der Waals surface area contributed by atoms with Crippen LogP contribution in [0.4, 0.5) is 4.79 Å². The Morgan fingerprint density at radius 1 is 1.40 bits per heavy atom. The molecule has 0 spiro atoms. The Balaban J connectivity index is 1.79. The lowest BCUT2D eigenvalue weighted by Gasteiger charge is -2.35. The molecule has 1 fully saturated rings. The molecule has 110 valence electrons. The van der Waals surface area contributed by atoms with Gasteiger partial charge in [0.05, 0.1) is 6.04 Å². The van der Waals surface area contributed by atoms with Crippen LogP contribution in [0.1, 0.15) is 56.2 Å². The van der Waals surface area contributed by atoms with E-state index < -0.39 is 0 Å². The van der Waals surface area contributed by atoms with Crippen molar-refractivity contribution in [2.75, 3.05) is 13.1 Å². The number of rotatable bonds is 1. The standard InChI is InChI=1S/C16H24N2O2/c1-11-8-12-13(9-16(2,3)10-14(12)20-11)17-15(19)18-6-4-5-7-18/h8,13H,4-7,9-10H2,1-3H3,(H,17,19). The van der Waals surface area contributed by atoms with E-state index in [4.69, 9.17) is 4.42 Å². The Kier molecular flexibility index (Phi) is 3.27. The van der Waals surface area contributed by atoms with E-state index in [1.54, 1.807) is 0 Å². The van der Waals surface area contributed by atoms with E-state index in [1.165, 1.54) is 5.56 Å². The van der Waals surface area contributed by atoms with Crippen molar-refractivity contribution in [2.45, 2.75) is 52.5 Å². The van der Waals surface area contributed by atoms with E-state index in [0.717, 1.165) is 50.3 Å². The van der Waals surface area contributed by atoms with Crippen LogP contribution in [0.5, 0.6) is 0 Å². The molecule has 4 heteroatoms. The summed E-state index contributed by atoms with van der Waals surface area (Å²) in [5.74, 6) is 1.98. The quantitative estimate of drug-likeness (QED) is 0.854. The molecule has 4 nitrogen and oxygen atoms in total. The largest absolute Gasteiger partial charge is 0.466 e. The lowest BCUT2D eigenvalue weighted by molar-refractivity contribution is 0.190. The fourth-order valence-electron chi connectivity index (χ4n) is 3.47. The Morgan fingerprint density at radius 2 is 2.10 bits per heavy atom. The summed E-state index contributed by atoms with van der Waals surface area (Å²) in [5, 5.41) is 3.21. The van der Waals surface area contributed by atoms with Gasteiger partial charge in [-0.2, -0.15) is 0 Å². The van der Waals surface area contributed by atoms with Gasteiger partial charge in [0.25, 0.3) is 0 Å². The molecule has 1 unspecified atom stereocenters. The molecule has 1 aliphatic heterocycles. The predicted octanol–water partition coefficient (Wildman–Crippen LogP) is 3.41.